The zero-order valence-electron chi connectivity index (χ0n) is 7.02. The Morgan fingerprint density at radius 2 is 2.36 bits per heavy atom. The van der Waals surface area contributed by atoms with E-state index in [0.29, 0.717) is 0 Å². The first-order valence-corrected chi connectivity index (χ1v) is 5.02. The summed E-state index contributed by atoms with van der Waals surface area (Å²) in [4.78, 5) is 0. The third kappa shape index (κ3) is 2.19. The van der Waals surface area contributed by atoms with E-state index in [1.807, 2.05) is 0 Å². The fourth-order valence-corrected chi connectivity index (χ4v) is 2.14. The normalized spacial score (nSPS) is 19.4. The van der Waals surface area contributed by atoms with Gasteiger partial charge < -0.3 is 0 Å². The SMILES string of the molecule is C/C=C(/C)C1=C(I)C=CCC1. The molecule has 0 atom stereocenters. The molecule has 0 fully saturated rings. The predicted octanol–water partition coefficient (Wildman–Crippen LogP) is 3.99. The highest BCUT2D eigenvalue weighted by Crippen LogP contribution is 2.28. The molecule has 0 bridgehead atoms. The third-order valence-electron chi connectivity index (χ3n) is 2.02. The van der Waals surface area contributed by atoms with Crippen molar-refractivity contribution in [2.45, 2.75) is 26.7 Å². The van der Waals surface area contributed by atoms with Gasteiger partial charge in [0, 0.05) is 3.58 Å². The second-order valence-electron chi connectivity index (χ2n) is 2.74. The summed E-state index contributed by atoms with van der Waals surface area (Å²) in [7, 11) is 0. The Labute approximate surface area is 82.2 Å². The molecule has 1 rings (SSSR count). The molecular weight excluding hydrogens is 247 g/mol. The van der Waals surface area contributed by atoms with Gasteiger partial charge in [0.05, 0.1) is 0 Å². The van der Waals surface area contributed by atoms with Crippen LogP contribution in [0.5, 0.6) is 0 Å². The fourth-order valence-electron chi connectivity index (χ4n) is 1.19. The van der Waals surface area contributed by atoms with Crippen molar-refractivity contribution in [1.82, 2.24) is 0 Å². The van der Waals surface area contributed by atoms with Crippen LogP contribution in [0.1, 0.15) is 26.7 Å². The molecule has 0 saturated carbocycles. The molecule has 0 radical (unpaired) electrons. The van der Waals surface area contributed by atoms with Gasteiger partial charge in [0.2, 0.25) is 0 Å². The second-order valence-corrected chi connectivity index (χ2v) is 3.90. The highest BCUT2D eigenvalue weighted by atomic mass is 127. The smallest absolute Gasteiger partial charge is 0.0161 e. The minimum absolute atomic E-state index is 1.20. The van der Waals surface area contributed by atoms with Crippen LogP contribution in [0.25, 0.3) is 0 Å². The summed E-state index contributed by atoms with van der Waals surface area (Å²) in [6.45, 7) is 4.29. The lowest BCUT2D eigenvalue weighted by Gasteiger charge is -2.11. The van der Waals surface area contributed by atoms with Crippen LogP contribution in [0, 0.1) is 0 Å². The monoisotopic (exact) mass is 260 g/mol. The van der Waals surface area contributed by atoms with Crippen LogP contribution in [0.4, 0.5) is 0 Å². The lowest BCUT2D eigenvalue weighted by Crippen LogP contribution is -1.91. The Morgan fingerprint density at radius 1 is 1.64 bits per heavy atom. The first kappa shape index (κ1) is 9.04. The first-order valence-electron chi connectivity index (χ1n) is 3.94. The quantitative estimate of drug-likeness (QED) is 0.625. The summed E-state index contributed by atoms with van der Waals surface area (Å²) in [5, 5.41) is 0. The summed E-state index contributed by atoms with van der Waals surface area (Å²) in [5.41, 5.74) is 2.95. The van der Waals surface area contributed by atoms with Gasteiger partial charge in [-0.3, -0.25) is 0 Å². The van der Waals surface area contributed by atoms with Crippen molar-refractivity contribution in [3.63, 3.8) is 0 Å². The minimum atomic E-state index is 1.20. The molecule has 60 valence electrons. The standard InChI is InChI=1S/C10H13I/c1-3-8(2)9-6-4-5-7-10(9)11/h3,5,7H,4,6H2,1-2H3/b8-3-. The van der Waals surface area contributed by atoms with E-state index < -0.39 is 0 Å². The van der Waals surface area contributed by atoms with E-state index in [-0.39, 0.29) is 0 Å². The van der Waals surface area contributed by atoms with Crippen LogP contribution in [-0.4, -0.2) is 0 Å². The van der Waals surface area contributed by atoms with Gasteiger partial charge in [0.15, 0.2) is 0 Å². The van der Waals surface area contributed by atoms with Gasteiger partial charge in [-0.1, -0.05) is 23.8 Å². The first-order chi connectivity index (χ1) is 5.25. The van der Waals surface area contributed by atoms with E-state index in [2.05, 4.69) is 54.7 Å². The molecule has 1 heteroatoms. The Kier molecular flexibility index (Phi) is 3.37. The maximum atomic E-state index is 2.41. The molecule has 1 aliphatic rings. The highest BCUT2D eigenvalue weighted by molar-refractivity contribution is 14.1. The zero-order valence-corrected chi connectivity index (χ0v) is 9.18. The van der Waals surface area contributed by atoms with E-state index in [1.54, 1.807) is 0 Å². The topological polar surface area (TPSA) is 0 Å². The third-order valence-corrected chi connectivity index (χ3v) is 3.03. The molecule has 0 heterocycles. The summed E-state index contributed by atoms with van der Waals surface area (Å²) in [5.74, 6) is 0. The maximum absolute atomic E-state index is 2.41. The number of hydrogen-bond acceptors (Lipinski definition) is 0. The molecule has 0 N–H and O–H groups in total. The molecule has 0 aromatic carbocycles. The average molecular weight is 260 g/mol. The number of halogens is 1. The lowest BCUT2D eigenvalue weighted by atomic mass is 9.98. The molecule has 0 aromatic heterocycles. The molecule has 0 amide bonds. The van der Waals surface area contributed by atoms with Crippen molar-refractivity contribution in [2.75, 3.05) is 0 Å². The van der Waals surface area contributed by atoms with Crippen LogP contribution >= 0.6 is 22.6 Å². The van der Waals surface area contributed by atoms with Gasteiger partial charge in [-0.15, -0.1) is 0 Å². The van der Waals surface area contributed by atoms with Gasteiger partial charge in [0.1, 0.15) is 0 Å². The molecule has 0 unspecified atom stereocenters. The Balaban J connectivity index is 2.92. The molecule has 1 aliphatic carbocycles. The van der Waals surface area contributed by atoms with Gasteiger partial charge in [-0.25, -0.2) is 0 Å². The Hall–Kier alpha value is -0.0500. The van der Waals surface area contributed by atoms with E-state index in [1.165, 1.54) is 27.6 Å². The molecule has 0 nitrogen and oxygen atoms in total. The highest BCUT2D eigenvalue weighted by Gasteiger charge is 2.06. The minimum Gasteiger partial charge on any atom is -0.0844 e. The van der Waals surface area contributed by atoms with E-state index in [4.69, 9.17) is 0 Å². The number of allylic oxidation sites excluding steroid dienone is 6. The number of hydrogen-bond donors (Lipinski definition) is 0. The van der Waals surface area contributed by atoms with Crippen LogP contribution in [0.3, 0.4) is 0 Å². The molecule has 0 aromatic rings. The molecule has 11 heavy (non-hydrogen) atoms. The van der Waals surface area contributed by atoms with Crippen LogP contribution in [0.15, 0.2) is 33.0 Å². The van der Waals surface area contributed by atoms with Gasteiger partial charge in [-0.2, -0.15) is 0 Å². The second kappa shape index (κ2) is 4.10. The summed E-state index contributed by atoms with van der Waals surface area (Å²) in [6, 6.07) is 0. The van der Waals surface area contributed by atoms with Crippen molar-refractivity contribution >= 4 is 22.6 Å². The van der Waals surface area contributed by atoms with Crippen molar-refractivity contribution in [3.05, 3.63) is 33.0 Å². The molecule has 0 spiro atoms. The fraction of sp³-hybridized carbons (Fsp3) is 0.400. The van der Waals surface area contributed by atoms with Crippen molar-refractivity contribution in [2.24, 2.45) is 0 Å². The van der Waals surface area contributed by atoms with Crippen LogP contribution < -0.4 is 0 Å². The van der Waals surface area contributed by atoms with Crippen LogP contribution in [-0.2, 0) is 0 Å². The Morgan fingerprint density at radius 3 is 2.91 bits per heavy atom. The van der Waals surface area contributed by atoms with E-state index >= 15 is 0 Å². The summed E-state index contributed by atoms with van der Waals surface area (Å²) >= 11 is 2.41. The molecular formula is C10H13I. The molecule has 0 aliphatic heterocycles. The lowest BCUT2D eigenvalue weighted by molar-refractivity contribution is 0.965. The summed E-state index contributed by atoms with van der Waals surface area (Å²) in [6.07, 6.45) is 9.06. The zero-order chi connectivity index (χ0) is 8.27. The van der Waals surface area contributed by atoms with E-state index in [0.717, 1.165) is 0 Å². The molecule has 0 saturated heterocycles. The average Bonchev–Trinajstić information content (AvgIpc) is 2.04. The van der Waals surface area contributed by atoms with Crippen molar-refractivity contribution in [1.29, 1.82) is 0 Å². The van der Waals surface area contributed by atoms with E-state index in [9.17, 15) is 0 Å². The number of rotatable bonds is 1. The largest absolute Gasteiger partial charge is 0.0844 e. The van der Waals surface area contributed by atoms with Gasteiger partial charge in [-0.05, 0) is 54.9 Å². The predicted molar refractivity (Wildman–Crippen MR) is 58.9 cm³/mol. The summed E-state index contributed by atoms with van der Waals surface area (Å²) < 4.78 is 1.41. The maximum Gasteiger partial charge on any atom is 0.0161 e. The van der Waals surface area contributed by atoms with Gasteiger partial charge in [0.25, 0.3) is 0 Å². The van der Waals surface area contributed by atoms with Crippen molar-refractivity contribution in [3.8, 4) is 0 Å². The Bertz CT molecular complexity index is 231. The van der Waals surface area contributed by atoms with Crippen molar-refractivity contribution < 1.29 is 0 Å². The van der Waals surface area contributed by atoms with Gasteiger partial charge >= 0.3 is 0 Å². The van der Waals surface area contributed by atoms with Crippen LogP contribution in [0.2, 0.25) is 0 Å².